The fraction of sp³-hybridized carbons (Fsp3) is 0.231. The number of anilines is 1. The molecule has 19 heavy (non-hydrogen) atoms. The number of nitrogens with one attached hydrogen (secondary N) is 1. The molecule has 100 valence electrons. The van der Waals surface area contributed by atoms with Crippen LogP contribution in [0, 0.1) is 0 Å². The van der Waals surface area contributed by atoms with Gasteiger partial charge in [0.1, 0.15) is 0 Å². The molecule has 1 N–H and O–H groups in total. The molecule has 1 aliphatic rings. The lowest BCUT2D eigenvalue weighted by Gasteiger charge is -2.08. The Kier molecular flexibility index (Phi) is 3.41. The average molecular weight is 358 g/mol. The van der Waals surface area contributed by atoms with E-state index < -0.39 is 10.0 Å². The van der Waals surface area contributed by atoms with Crippen LogP contribution in [0.15, 0.2) is 38.3 Å². The summed E-state index contributed by atoms with van der Waals surface area (Å²) in [6.07, 6.45) is 3.29. The van der Waals surface area contributed by atoms with Crippen LogP contribution in [0.3, 0.4) is 0 Å². The van der Waals surface area contributed by atoms with Gasteiger partial charge in [-0.3, -0.25) is 4.72 Å². The van der Waals surface area contributed by atoms with E-state index in [-0.39, 0.29) is 0 Å². The molecule has 0 aliphatic heterocycles. The molecule has 0 radical (unpaired) electrons. The molecular weight excluding hydrogens is 346 g/mol. The highest BCUT2D eigenvalue weighted by molar-refractivity contribution is 9.10. The van der Waals surface area contributed by atoms with Crippen molar-refractivity contribution in [3.63, 3.8) is 0 Å². The van der Waals surface area contributed by atoms with Gasteiger partial charge in [-0.1, -0.05) is 6.07 Å². The molecule has 0 bridgehead atoms. The van der Waals surface area contributed by atoms with Crippen molar-refractivity contribution in [2.75, 3.05) is 4.72 Å². The summed E-state index contributed by atoms with van der Waals surface area (Å²) >= 11 is 4.46. The van der Waals surface area contributed by atoms with Gasteiger partial charge in [-0.15, -0.1) is 11.3 Å². The summed E-state index contributed by atoms with van der Waals surface area (Å²) in [5.74, 6) is 0. The largest absolute Gasteiger partial charge is 0.279 e. The third kappa shape index (κ3) is 2.57. The van der Waals surface area contributed by atoms with E-state index in [1.165, 1.54) is 22.5 Å². The van der Waals surface area contributed by atoms with Crippen LogP contribution in [0.1, 0.15) is 17.5 Å². The number of hydrogen-bond acceptors (Lipinski definition) is 3. The van der Waals surface area contributed by atoms with Crippen LogP contribution in [-0.2, 0) is 22.9 Å². The molecule has 1 aromatic heterocycles. The lowest BCUT2D eigenvalue weighted by Crippen LogP contribution is -2.12. The third-order valence-corrected chi connectivity index (χ3v) is 7.23. The molecule has 0 unspecified atom stereocenters. The zero-order chi connectivity index (χ0) is 13.5. The van der Waals surface area contributed by atoms with E-state index in [2.05, 4.69) is 20.7 Å². The fourth-order valence-corrected chi connectivity index (χ4v) is 5.70. The number of sulfonamides is 1. The van der Waals surface area contributed by atoms with Crippen LogP contribution >= 0.6 is 27.3 Å². The topological polar surface area (TPSA) is 46.2 Å². The molecule has 0 amide bonds. The van der Waals surface area contributed by atoms with Crippen molar-refractivity contribution in [1.29, 1.82) is 0 Å². The molecule has 0 saturated heterocycles. The van der Waals surface area contributed by atoms with Gasteiger partial charge in [0.15, 0.2) is 4.21 Å². The maximum absolute atomic E-state index is 12.3. The molecule has 0 spiro atoms. The maximum Gasteiger partial charge on any atom is 0.272 e. The van der Waals surface area contributed by atoms with Crippen LogP contribution in [0.2, 0.25) is 0 Å². The van der Waals surface area contributed by atoms with Gasteiger partial charge in [-0.2, -0.15) is 0 Å². The summed E-state index contributed by atoms with van der Waals surface area (Å²) in [6.45, 7) is 0. The van der Waals surface area contributed by atoms with Crippen molar-refractivity contribution in [3.8, 4) is 0 Å². The third-order valence-electron chi connectivity index (χ3n) is 3.18. The average Bonchev–Trinajstić information content (AvgIpc) is 2.96. The van der Waals surface area contributed by atoms with Gasteiger partial charge in [0.25, 0.3) is 10.0 Å². The Balaban J connectivity index is 1.91. The molecule has 3 nitrogen and oxygen atoms in total. The Morgan fingerprint density at radius 2 is 1.95 bits per heavy atom. The van der Waals surface area contributed by atoms with Crippen LogP contribution in [0.25, 0.3) is 0 Å². The summed E-state index contributed by atoms with van der Waals surface area (Å²) in [6, 6.07) is 7.54. The van der Waals surface area contributed by atoms with Crippen molar-refractivity contribution in [2.45, 2.75) is 23.5 Å². The zero-order valence-electron chi connectivity index (χ0n) is 10.0. The smallest absolute Gasteiger partial charge is 0.272 e. The van der Waals surface area contributed by atoms with Crippen molar-refractivity contribution >= 4 is 43.0 Å². The Morgan fingerprint density at radius 1 is 1.16 bits per heavy atom. The van der Waals surface area contributed by atoms with Crippen LogP contribution in [0.4, 0.5) is 5.69 Å². The summed E-state index contributed by atoms with van der Waals surface area (Å²) in [7, 11) is -3.50. The highest BCUT2D eigenvalue weighted by Crippen LogP contribution is 2.30. The summed E-state index contributed by atoms with van der Waals surface area (Å²) in [4.78, 5) is 0. The van der Waals surface area contributed by atoms with E-state index in [1.54, 1.807) is 11.4 Å². The lowest BCUT2D eigenvalue weighted by atomic mass is 10.1. The Labute approximate surface area is 124 Å². The number of rotatable bonds is 3. The molecule has 0 atom stereocenters. The Bertz CT molecular complexity index is 722. The van der Waals surface area contributed by atoms with Crippen molar-refractivity contribution in [2.24, 2.45) is 0 Å². The van der Waals surface area contributed by atoms with E-state index >= 15 is 0 Å². The van der Waals surface area contributed by atoms with Crippen LogP contribution in [-0.4, -0.2) is 8.42 Å². The monoisotopic (exact) mass is 357 g/mol. The zero-order valence-corrected chi connectivity index (χ0v) is 13.2. The van der Waals surface area contributed by atoms with Crippen molar-refractivity contribution in [3.05, 3.63) is 45.2 Å². The standard InChI is InChI=1S/C13H12BrNO2S2/c14-12-6-7-18-13(12)19(16,17)15-11-5-4-9-2-1-3-10(9)8-11/h4-8,15H,1-3H2. The molecule has 6 heteroatoms. The predicted molar refractivity (Wildman–Crippen MR) is 81.3 cm³/mol. The molecule has 1 heterocycles. The number of benzene rings is 1. The highest BCUT2D eigenvalue weighted by Gasteiger charge is 2.20. The first-order chi connectivity index (χ1) is 9.06. The van der Waals surface area contributed by atoms with Gasteiger partial charge >= 0.3 is 0 Å². The molecular formula is C13H12BrNO2S2. The van der Waals surface area contributed by atoms with Gasteiger partial charge in [0.2, 0.25) is 0 Å². The van der Waals surface area contributed by atoms with E-state index in [9.17, 15) is 8.42 Å². The first-order valence-corrected chi connectivity index (χ1v) is 9.09. The quantitative estimate of drug-likeness (QED) is 0.907. The molecule has 0 saturated carbocycles. The first-order valence-electron chi connectivity index (χ1n) is 5.94. The number of hydrogen-bond donors (Lipinski definition) is 1. The number of halogens is 1. The van der Waals surface area contributed by atoms with Gasteiger partial charge < -0.3 is 0 Å². The second-order valence-corrected chi connectivity index (χ2v) is 8.15. The molecule has 1 aliphatic carbocycles. The van der Waals surface area contributed by atoms with E-state index in [0.29, 0.717) is 14.4 Å². The van der Waals surface area contributed by atoms with Gasteiger partial charge in [-0.25, -0.2) is 8.42 Å². The summed E-state index contributed by atoms with van der Waals surface area (Å²) in [5.41, 5.74) is 3.23. The summed E-state index contributed by atoms with van der Waals surface area (Å²) < 4.78 is 28.1. The van der Waals surface area contributed by atoms with Crippen molar-refractivity contribution in [1.82, 2.24) is 0 Å². The fourth-order valence-electron chi connectivity index (χ4n) is 2.31. The Hall–Kier alpha value is -0.850. The van der Waals surface area contributed by atoms with Crippen molar-refractivity contribution < 1.29 is 8.42 Å². The van der Waals surface area contributed by atoms with Gasteiger partial charge in [0.05, 0.1) is 0 Å². The number of fused-ring (bicyclic) bond motifs is 1. The Morgan fingerprint density at radius 3 is 2.68 bits per heavy atom. The molecule has 2 aromatic rings. The number of thiophene rings is 1. The molecule has 3 rings (SSSR count). The summed E-state index contributed by atoms with van der Waals surface area (Å²) in [5, 5.41) is 1.75. The predicted octanol–water partition coefficient (Wildman–Crippen LogP) is 3.80. The second kappa shape index (κ2) is 4.92. The first kappa shape index (κ1) is 13.1. The second-order valence-electron chi connectivity index (χ2n) is 4.50. The minimum atomic E-state index is -3.50. The van der Waals surface area contributed by atoms with Gasteiger partial charge in [-0.05, 0) is 69.9 Å². The van der Waals surface area contributed by atoms with E-state index in [1.807, 2.05) is 18.2 Å². The highest BCUT2D eigenvalue weighted by atomic mass is 79.9. The maximum atomic E-state index is 12.3. The van der Waals surface area contributed by atoms with E-state index in [4.69, 9.17) is 0 Å². The van der Waals surface area contributed by atoms with Crippen LogP contribution < -0.4 is 4.72 Å². The minimum absolute atomic E-state index is 0.313. The number of aryl methyl sites for hydroxylation is 2. The molecule has 1 aromatic carbocycles. The SMILES string of the molecule is O=S(=O)(Nc1ccc2c(c1)CCC2)c1sccc1Br. The van der Waals surface area contributed by atoms with Crippen LogP contribution in [0.5, 0.6) is 0 Å². The molecule has 0 fully saturated rings. The van der Waals surface area contributed by atoms with Gasteiger partial charge in [0, 0.05) is 10.2 Å². The lowest BCUT2D eigenvalue weighted by molar-refractivity contribution is 0.603. The normalized spacial score (nSPS) is 14.4. The minimum Gasteiger partial charge on any atom is -0.279 e. The van der Waals surface area contributed by atoms with E-state index in [0.717, 1.165) is 19.3 Å².